The highest BCUT2D eigenvalue weighted by Gasteiger charge is 2.13. The van der Waals surface area contributed by atoms with Gasteiger partial charge in [-0.3, -0.25) is 4.98 Å². The summed E-state index contributed by atoms with van der Waals surface area (Å²) in [5.41, 5.74) is 13.2. The van der Waals surface area contributed by atoms with Crippen LogP contribution in [0.3, 0.4) is 0 Å². The minimum Gasteiger partial charge on any atom is -0.326 e. The van der Waals surface area contributed by atoms with E-state index in [1.165, 1.54) is 27.8 Å². The van der Waals surface area contributed by atoms with Crippen molar-refractivity contribution >= 4 is 5.57 Å². The number of aryl methyl sites for hydroxylation is 1. The zero-order chi connectivity index (χ0) is 13.2. The Morgan fingerprint density at radius 1 is 1.21 bits per heavy atom. The molecule has 3 rings (SSSR count). The third-order valence-corrected chi connectivity index (χ3v) is 3.77. The second-order valence-corrected chi connectivity index (χ2v) is 4.91. The zero-order valence-corrected chi connectivity index (χ0v) is 11.2. The number of aromatic nitrogens is 1. The summed E-state index contributed by atoms with van der Waals surface area (Å²) in [6, 6.07) is 10.8. The van der Waals surface area contributed by atoms with Crippen LogP contribution in [-0.4, -0.2) is 11.5 Å². The molecule has 1 aromatic carbocycles. The largest absolute Gasteiger partial charge is 0.326 e. The van der Waals surface area contributed by atoms with Crippen molar-refractivity contribution in [1.29, 1.82) is 0 Å². The van der Waals surface area contributed by atoms with Gasteiger partial charge in [-0.1, -0.05) is 31.2 Å². The average Bonchev–Trinajstić information content (AvgIpc) is 2.89. The number of hydrogen-bond acceptors (Lipinski definition) is 2. The monoisotopic (exact) mass is 250 g/mol. The van der Waals surface area contributed by atoms with Crippen LogP contribution >= 0.6 is 0 Å². The van der Waals surface area contributed by atoms with Gasteiger partial charge in [0.15, 0.2) is 0 Å². The molecule has 96 valence electrons. The SMILES string of the molecule is CCc1ccc(-c2ccc3c(c2)C(CN)=CC3)nc1. The molecule has 0 saturated heterocycles. The summed E-state index contributed by atoms with van der Waals surface area (Å²) >= 11 is 0. The number of hydrogen-bond donors (Lipinski definition) is 1. The maximum absolute atomic E-state index is 5.79. The lowest BCUT2D eigenvalue weighted by Gasteiger charge is -2.07. The van der Waals surface area contributed by atoms with Gasteiger partial charge in [0, 0.05) is 18.3 Å². The molecular weight excluding hydrogens is 232 g/mol. The van der Waals surface area contributed by atoms with Gasteiger partial charge in [0.25, 0.3) is 0 Å². The van der Waals surface area contributed by atoms with Crippen molar-refractivity contribution in [3.63, 3.8) is 0 Å². The summed E-state index contributed by atoms with van der Waals surface area (Å²) in [4.78, 5) is 4.55. The molecule has 2 N–H and O–H groups in total. The summed E-state index contributed by atoms with van der Waals surface area (Å²) in [6.45, 7) is 2.75. The fourth-order valence-corrected chi connectivity index (χ4v) is 2.55. The highest BCUT2D eigenvalue weighted by Crippen LogP contribution is 2.30. The third-order valence-electron chi connectivity index (χ3n) is 3.77. The van der Waals surface area contributed by atoms with Crippen LogP contribution in [0, 0.1) is 0 Å². The molecule has 2 heteroatoms. The van der Waals surface area contributed by atoms with Crippen molar-refractivity contribution in [2.75, 3.05) is 6.54 Å². The van der Waals surface area contributed by atoms with Gasteiger partial charge in [0.05, 0.1) is 5.69 Å². The van der Waals surface area contributed by atoms with Crippen molar-refractivity contribution in [3.05, 3.63) is 59.3 Å². The number of nitrogens with two attached hydrogens (primary N) is 1. The molecule has 0 fully saturated rings. The van der Waals surface area contributed by atoms with E-state index in [1.54, 1.807) is 0 Å². The van der Waals surface area contributed by atoms with Crippen LogP contribution in [0.4, 0.5) is 0 Å². The number of pyridine rings is 1. The number of benzene rings is 1. The fourth-order valence-electron chi connectivity index (χ4n) is 2.55. The van der Waals surface area contributed by atoms with E-state index < -0.39 is 0 Å². The number of fused-ring (bicyclic) bond motifs is 1. The molecule has 0 spiro atoms. The van der Waals surface area contributed by atoms with Crippen LogP contribution in [-0.2, 0) is 12.8 Å². The Kier molecular flexibility index (Phi) is 3.18. The van der Waals surface area contributed by atoms with E-state index in [-0.39, 0.29) is 0 Å². The predicted molar refractivity (Wildman–Crippen MR) is 79.8 cm³/mol. The molecular formula is C17H18N2. The molecule has 0 atom stereocenters. The first kappa shape index (κ1) is 12.1. The van der Waals surface area contributed by atoms with Gasteiger partial charge in [-0.2, -0.15) is 0 Å². The van der Waals surface area contributed by atoms with Gasteiger partial charge in [0.2, 0.25) is 0 Å². The minimum atomic E-state index is 0.610. The highest BCUT2D eigenvalue weighted by atomic mass is 14.7. The van der Waals surface area contributed by atoms with Gasteiger partial charge >= 0.3 is 0 Å². The standard InChI is InChI=1S/C17H18N2/c1-2-12-3-8-17(19-11-12)14-6-4-13-5-7-15(10-18)16(13)9-14/h3-4,6-9,11H,2,5,10,18H2,1H3. The van der Waals surface area contributed by atoms with Crippen LogP contribution in [0.2, 0.25) is 0 Å². The molecule has 2 aromatic rings. The summed E-state index contributed by atoms with van der Waals surface area (Å²) < 4.78 is 0. The van der Waals surface area contributed by atoms with Crippen LogP contribution in [0.1, 0.15) is 23.6 Å². The van der Waals surface area contributed by atoms with Crippen LogP contribution in [0.5, 0.6) is 0 Å². The quantitative estimate of drug-likeness (QED) is 0.908. The van der Waals surface area contributed by atoms with Crippen molar-refractivity contribution in [2.24, 2.45) is 5.73 Å². The van der Waals surface area contributed by atoms with E-state index in [0.717, 1.165) is 18.5 Å². The van der Waals surface area contributed by atoms with Crippen LogP contribution < -0.4 is 5.73 Å². The smallest absolute Gasteiger partial charge is 0.0702 e. The molecule has 0 radical (unpaired) electrons. The van der Waals surface area contributed by atoms with Crippen molar-refractivity contribution < 1.29 is 0 Å². The van der Waals surface area contributed by atoms with E-state index in [2.05, 4.69) is 48.3 Å². The van der Waals surface area contributed by atoms with Gasteiger partial charge < -0.3 is 5.73 Å². The Morgan fingerprint density at radius 3 is 2.79 bits per heavy atom. The molecule has 1 aromatic heterocycles. The first-order valence-electron chi connectivity index (χ1n) is 6.79. The van der Waals surface area contributed by atoms with Gasteiger partial charge in [0.1, 0.15) is 0 Å². The van der Waals surface area contributed by atoms with E-state index in [1.807, 2.05) is 6.20 Å². The second-order valence-electron chi connectivity index (χ2n) is 4.91. The molecule has 0 unspecified atom stereocenters. The lowest BCUT2D eigenvalue weighted by Crippen LogP contribution is -2.01. The lowest BCUT2D eigenvalue weighted by atomic mass is 10.00. The summed E-state index contributed by atoms with van der Waals surface area (Å²) in [5, 5.41) is 0. The average molecular weight is 250 g/mol. The highest BCUT2D eigenvalue weighted by molar-refractivity contribution is 5.78. The molecule has 0 amide bonds. The maximum Gasteiger partial charge on any atom is 0.0702 e. The van der Waals surface area contributed by atoms with Crippen molar-refractivity contribution in [3.8, 4) is 11.3 Å². The maximum atomic E-state index is 5.79. The molecule has 1 aliphatic rings. The normalized spacial score (nSPS) is 13.3. The molecule has 0 aliphatic heterocycles. The summed E-state index contributed by atoms with van der Waals surface area (Å²) in [5.74, 6) is 0. The van der Waals surface area contributed by atoms with Crippen LogP contribution in [0.15, 0.2) is 42.6 Å². The molecule has 0 bridgehead atoms. The number of allylic oxidation sites excluding steroid dienone is 1. The third kappa shape index (κ3) is 2.20. The second kappa shape index (κ2) is 4.98. The van der Waals surface area contributed by atoms with E-state index >= 15 is 0 Å². The minimum absolute atomic E-state index is 0.610. The molecule has 2 nitrogen and oxygen atoms in total. The Hall–Kier alpha value is -1.93. The Balaban J connectivity index is 1.99. The van der Waals surface area contributed by atoms with E-state index in [4.69, 9.17) is 5.73 Å². The first-order chi connectivity index (χ1) is 9.31. The Morgan fingerprint density at radius 2 is 2.11 bits per heavy atom. The molecule has 19 heavy (non-hydrogen) atoms. The number of rotatable bonds is 3. The van der Waals surface area contributed by atoms with Gasteiger partial charge in [-0.05, 0) is 47.2 Å². The van der Waals surface area contributed by atoms with E-state index in [9.17, 15) is 0 Å². The van der Waals surface area contributed by atoms with Crippen molar-refractivity contribution in [2.45, 2.75) is 19.8 Å². The topological polar surface area (TPSA) is 38.9 Å². The van der Waals surface area contributed by atoms with Gasteiger partial charge in [-0.25, -0.2) is 0 Å². The fraction of sp³-hybridized carbons (Fsp3) is 0.235. The Labute approximate surface area is 114 Å². The van der Waals surface area contributed by atoms with Crippen molar-refractivity contribution in [1.82, 2.24) is 4.98 Å². The first-order valence-corrected chi connectivity index (χ1v) is 6.79. The van der Waals surface area contributed by atoms with Gasteiger partial charge in [-0.15, -0.1) is 0 Å². The lowest BCUT2D eigenvalue weighted by molar-refractivity contribution is 1.10. The summed E-state index contributed by atoms with van der Waals surface area (Å²) in [6.07, 6.45) is 6.21. The molecule has 1 heterocycles. The van der Waals surface area contributed by atoms with E-state index in [0.29, 0.717) is 6.54 Å². The summed E-state index contributed by atoms with van der Waals surface area (Å²) in [7, 11) is 0. The zero-order valence-electron chi connectivity index (χ0n) is 11.2. The van der Waals surface area contributed by atoms with Crippen LogP contribution in [0.25, 0.3) is 16.8 Å². The number of nitrogens with zero attached hydrogens (tertiary/aromatic N) is 1. The molecule has 0 saturated carbocycles. The Bertz CT molecular complexity index is 624. The predicted octanol–water partition coefficient (Wildman–Crippen LogP) is 3.21. The molecule has 1 aliphatic carbocycles.